The van der Waals surface area contributed by atoms with Crippen LogP contribution in [0.5, 0.6) is 0 Å². The lowest BCUT2D eigenvalue weighted by molar-refractivity contribution is 0.0685. The molecule has 3 rings (SSSR count). The lowest BCUT2D eigenvalue weighted by atomic mass is 9.98. The monoisotopic (exact) mass is 337 g/mol. The first kappa shape index (κ1) is 17.7. The molecule has 1 N–H and O–H groups in total. The second-order valence-corrected chi connectivity index (χ2v) is 6.30. The van der Waals surface area contributed by atoms with Gasteiger partial charge in [0.2, 0.25) is 0 Å². The number of nitrogens with zero attached hydrogens (tertiary/aromatic N) is 2. The molecule has 1 aromatic rings. The van der Waals surface area contributed by atoms with Crippen LogP contribution in [0, 0.1) is 6.92 Å². The molecular formula is C13H21Cl2N3OS. The normalized spacial score (nSPS) is 27.4. The SMILES string of the molecule is Cc1ncsc1C(=O)N(C)C1CC2CCC(C1)N2.Cl.Cl. The number of rotatable bonds is 2. The quantitative estimate of drug-likeness (QED) is 0.902. The molecule has 2 saturated heterocycles. The van der Waals surface area contributed by atoms with Crippen molar-refractivity contribution in [1.29, 1.82) is 0 Å². The lowest BCUT2D eigenvalue weighted by Gasteiger charge is -2.35. The van der Waals surface area contributed by atoms with Crippen LogP contribution in [-0.2, 0) is 0 Å². The fourth-order valence-corrected chi connectivity index (χ4v) is 3.96. The van der Waals surface area contributed by atoms with E-state index in [0.29, 0.717) is 18.1 Å². The minimum Gasteiger partial charge on any atom is -0.338 e. The maximum atomic E-state index is 12.4. The predicted octanol–water partition coefficient (Wildman–Crippen LogP) is 2.65. The molecular weight excluding hydrogens is 317 g/mol. The average Bonchev–Trinajstić information content (AvgIpc) is 2.93. The summed E-state index contributed by atoms with van der Waals surface area (Å²) in [6, 6.07) is 1.62. The molecule has 2 aliphatic heterocycles. The number of carbonyl (C=O) groups is 1. The Morgan fingerprint density at radius 2 is 1.95 bits per heavy atom. The van der Waals surface area contributed by atoms with Crippen molar-refractivity contribution in [3.8, 4) is 0 Å². The summed E-state index contributed by atoms with van der Waals surface area (Å²) in [7, 11) is 1.94. The van der Waals surface area contributed by atoms with Gasteiger partial charge in [-0.05, 0) is 32.6 Å². The summed E-state index contributed by atoms with van der Waals surface area (Å²) in [4.78, 5) is 19.3. The molecule has 2 unspecified atom stereocenters. The third kappa shape index (κ3) is 3.27. The first-order valence-electron chi connectivity index (χ1n) is 6.58. The fourth-order valence-electron chi connectivity index (χ4n) is 3.18. The molecule has 114 valence electrons. The molecule has 0 spiro atoms. The van der Waals surface area contributed by atoms with Gasteiger partial charge in [0.05, 0.1) is 11.2 Å². The van der Waals surface area contributed by atoms with Crippen LogP contribution in [0.1, 0.15) is 41.0 Å². The maximum absolute atomic E-state index is 12.4. The molecule has 20 heavy (non-hydrogen) atoms. The summed E-state index contributed by atoms with van der Waals surface area (Å²) < 4.78 is 0. The van der Waals surface area contributed by atoms with Gasteiger partial charge in [-0.15, -0.1) is 36.2 Å². The van der Waals surface area contributed by atoms with Crippen molar-refractivity contribution in [2.75, 3.05) is 7.05 Å². The molecule has 1 aromatic heterocycles. The van der Waals surface area contributed by atoms with Crippen LogP contribution in [0.25, 0.3) is 0 Å². The molecule has 0 saturated carbocycles. The molecule has 1 amide bonds. The molecule has 2 fully saturated rings. The first-order valence-corrected chi connectivity index (χ1v) is 7.46. The highest BCUT2D eigenvalue weighted by Crippen LogP contribution is 2.30. The highest BCUT2D eigenvalue weighted by atomic mass is 35.5. The number of amides is 1. The largest absolute Gasteiger partial charge is 0.338 e. The van der Waals surface area contributed by atoms with E-state index in [1.54, 1.807) is 5.51 Å². The third-order valence-electron chi connectivity index (χ3n) is 4.26. The number of nitrogens with one attached hydrogen (secondary N) is 1. The minimum absolute atomic E-state index is 0. The molecule has 2 aliphatic rings. The van der Waals surface area contributed by atoms with Crippen molar-refractivity contribution in [3.63, 3.8) is 0 Å². The van der Waals surface area contributed by atoms with Gasteiger partial charge < -0.3 is 10.2 Å². The van der Waals surface area contributed by atoms with Crippen LogP contribution in [0.2, 0.25) is 0 Å². The molecule has 4 nitrogen and oxygen atoms in total. The topological polar surface area (TPSA) is 45.2 Å². The number of halogens is 2. The van der Waals surface area contributed by atoms with Gasteiger partial charge in [0, 0.05) is 25.2 Å². The maximum Gasteiger partial charge on any atom is 0.265 e. The summed E-state index contributed by atoms with van der Waals surface area (Å²) in [6.07, 6.45) is 4.72. The Balaban J connectivity index is 0.000001000. The van der Waals surface area contributed by atoms with E-state index in [0.717, 1.165) is 23.4 Å². The second-order valence-electron chi connectivity index (χ2n) is 5.45. The fraction of sp³-hybridized carbons (Fsp3) is 0.692. The Hall–Kier alpha value is -0.360. The molecule has 0 radical (unpaired) electrons. The number of carbonyl (C=O) groups excluding carboxylic acids is 1. The van der Waals surface area contributed by atoms with Crippen LogP contribution >= 0.6 is 36.2 Å². The van der Waals surface area contributed by atoms with Crippen molar-refractivity contribution in [2.45, 2.75) is 50.7 Å². The summed E-state index contributed by atoms with van der Waals surface area (Å²) in [5.41, 5.74) is 2.61. The minimum atomic E-state index is 0. The van der Waals surface area contributed by atoms with E-state index >= 15 is 0 Å². The summed E-state index contributed by atoms with van der Waals surface area (Å²) in [6.45, 7) is 1.91. The van der Waals surface area contributed by atoms with Crippen LogP contribution in [0.3, 0.4) is 0 Å². The molecule has 7 heteroatoms. The number of hydrogen-bond acceptors (Lipinski definition) is 4. The number of piperidine rings is 1. The zero-order valence-corrected chi connectivity index (χ0v) is 14.1. The Morgan fingerprint density at radius 3 is 2.45 bits per heavy atom. The van der Waals surface area contributed by atoms with Gasteiger partial charge in [-0.1, -0.05) is 0 Å². The van der Waals surface area contributed by atoms with Crippen molar-refractivity contribution >= 4 is 42.1 Å². The summed E-state index contributed by atoms with van der Waals surface area (Å²) in [5.74, 6) is 0.140. The second kappa shape index (κ2) is 7.07. The van der Waals surface area contributed by atoms with Crippen LogP contribution in [0.4, 0.5) is 0 Å². The summed E-state index contributed by atoms with van der Waals surface area (Å²) >= 11 is 1.45. The molecule has 0 aliphatic carbocycles. The van der Waals surface area contributed by atoms with Crippen molar-refractivity contribution in [3.05, 3.63) is 16.1 Å². The van der Waals surface area contributed by atoms with Crippen LogP contribution < -0.4 is 5.32 Å². The highest BCUT2D eigenvalue weighted by Gasteiger charge is 2.36. The van der Waals surface area contributed by atoms with E-state index in [1.165, 1.54) is 24.2 Å². The Morgan fingerprint density at radius 1 is 1.35 bits per heavy atom. The molecule has 0 aromatic carbocycles. The van der Waals surface area contributed by atoms with Crippen LogP contribution in [0.15, 0.2) is 5.51 Å². The van der Waals surface area contributed by atoms with Gasteiger partial charge in [-0.2, -0.15) is 0 Å². The third-order valence-corrected chi connectivity index (χ3v) is 5.17. The Bertz CT molecular complexity index is 456. The number of aryl methyl sites for hydroxylation is 1. The van der Waals surface area contributed by atoms with Gasteiger partial charge >= 0.3 is 0 Å². The van der Waals surface area contributed by atoms with Crippen molar-refractivity contribution < 1.29 is 4.79 Å². The Kier molecular flexibility index (Phi) is 6.25. The van der Waals surface area contributed by atoms with E-state index in [-0.39, 0.29) is 30.7 Å². The molecule has 2 bridgehead atoms. The van der Waals surface area contributed by atoms with E-state index in [1.807, 2.05) is 18.9 Å². The number of thiazole rings is 1. The first-order chi connectivity index (χ1) is 8.65. The Labute approximate surface area is 136 Å². The van der Waals surface area contributed by atoms with Gasteiger partial charge in [-0.25, -0.2) is 4.98 Å². The number of fused-ring (bicyclic) bond motifs is 2. The van der Waals surface area contributed by atoms with Gasteiger partial charge in [-0.3, -0.25) is 4.79 Å². The number of hydrogen-bond donors (Lipinski definition) is 1. The van der Waals surface area contributed by atoms with Gasteiger partial charge in [0.1, 0.15) is 4.88 Å². The number of aromatic nitrogens is 1. The van der Waals surface area contributed by atoms with E-state index < -0.39 is 0 Å². The average molecular weight is 338 g/mol. The predicted molar refractivity (Wildman–Crippen MR) is 86.4 cm³/mol. The zero-order chi connectivity index (χ0) is 12.7. The van der Waals surface area contributed by atoms with Crippen molar-refractivity contribution in [2.24, 2.45) is 0 Å². The van der Waals surface area contributed by atoms with Gasteiger partial charge in [0.25, 0.3) is 5.91 Å². The van der Waals surface area contributed by atoms with Crippen LogP contribution in [-0.4, -0.2) is 41.0 Å². The van der Waals surface area contributed by atoms with Gasteiger partial charge in [0.15, 0.2) is 0 Å². The van der Waals surface area contributed by atoms with E-state index in [4.69, 9.17) is 0 Å². The molecule has 2 atom stereocenters. The van der Waals surface area contributed by atoms with E-state index in [2.05, 4.69) is 10.3 Å². The highest BCUT2D eigenvalue weighted by molar-refractivity contribution is 7.11. The zero-order valence-electron chi connectivity index (χ0n) is 11.7. The lowest BCUT2D eigenvalue weighted by Crippen LogP contribution is -2.48. The van der Waals surface area contributed by atoms with E-state index in [9.17, 15) is 4.79 Å². The molecule has 3 heterocycles. The standard InChI is InChI=1S/C13H19N3OS.2ClH/c1-8-12(18-7-14-8)13(17)16(2)11-5-9-3-4-10(6-11)15-9;;/h7,9-11,15H,3-6H2,1-2H3;2*1H. The van der Waals surface area contributed by atoms with Crippen molar-refractivity contribution in [1.82, 2.24) is 15.2 Å². The summed E-state index contributed by atoms with van der Waals surface area (Å²) in [5, 5.41) is 3.61. The smallest absolute Gasteiger partial charge is 0.265 e.